The molecule has 4 N–H and O–H groups in total. The third-order valence-electron chi connectivity index (χ3n) is 2.25. The van der Waals surface area contributed by atoms with E-state index in [4.69, 9.17) is 5.73 Å². The van der Waals surface area contributed by atoms with Gasteiger partial charge in [-0.3, -0.25) is 19.7 Å². The van der Waals surface area contributed by atoms with Gasteiger partial charge in [0.15, 0.2) is 0 Å². The Hall–Kier alpha value is -2.48. The van der Waals surface area contributed by atoms with Crippen LogP contribution in [0.3, 0.4) is 0 Å². The third-order valence-corrected chi connectivity index (χ3v) is 2.25. The molecule has 0 aromatic heterocycles. The molecule has 1 rings (SSSR count). The standard InChI is InChI=1S/C11H14N4O4/c1-7-2-3-9(15(18)19)8(4-7)14-11(17)6-13-10(16)5-12/h2-4H,5-6,12H2,1H3,(H,13,16)(H,14,17). The summed E-state index contributed by atoms with van der Waals surface area (Å²) in [7, 11) is 0. The number of aryl methyl sites for hydroxylation is 1. The van der Waals surface area contributed by atoms with Gasteiger partial charge in [-0.05, 0) is 18.6 Å². The fourth-order valence-electron chi connectivity index (χ4n) is 1.35. The normalized spacial score (nSPS) is 9.79. The molecule has 8 heteroatoms. The first-order valence-electron chi connectivity index (χ1n) is 5.45. The van der Waals surface area contributed by atoms with Crippen LogP contribution >= 0.6 is 0 Å². The number of amides is 2. The van der Waals surface area contributed by atoms with Crippen molar-refractivity contribution in [2.45, 2.75) is 6.92 Å². The maximum atomic E-state index is 11.5. The van der Waals surface area contributed by atoms with Gasteiger partial charge in [-0.15, -0.1) is 0 Å². The van der Waals surface area contributed by atoms with Gasteiger partial charge in [0.1, 0.15) is 5.69 Å². The fraction of sp³-hybridized carbons (Fsp3) is 0.273. The van der Waals surface area contributed by atoms with E-state index >= 15 is 0 Å². The summed E-state index contributed by atoms with van der Waals surface area (Å²) in [6, 6.07) is 4.37. The number of nitro groups is 1. The summed E-state index contributed by atoms with van der Waals surface area (Å²) in [6.45, 7) is 1.23. The van der Waals surface area contributed by atoms with Crippen LogP contribution in [0.15, 0.2) is 18.2 Å². The summed E-state index contributed by atoms with van der Waals surface area (Å²) in [5.41, 5.74) is 5.72. The van der Waals surface area contributed by atoms with Crippen LogP contribution in [0, 0.1) is 17.0 Å². The van der Waals surface area contributed by atoms with Crippen molar-refractivity contribution in [3.63, 3.8) is 0 Å². The zero-order valence-corrected chi connectivity index (χ0v) is 10.3. The van der Waals surface area contributed by atoms with Crippen molar-refractivity contribution < 1.29 is 14.5 Å². The van der Waals surface area contributed by atoms with E-state index in [0.717, 1.165) is 5.56 Å². The van der Waals surface area contributed by atoms with Gasteiger partial charge in [0.05, 0.1) is 18.0 Å². The van der Waals surface area contributed by atoms with E-state index in [1.807, 2.05) is 0 Å². The third kappa shape index (κ3) is 4.36. The number of hydrogen-bond donors (Lipinski definition) is 3. The van der Waals surface area contributed by atoms with E-state index in [1.165, 1.54) is 12.1 Å². The van der Waals surface area contributed by atoms with E-state index in [1.54, 1.807) is 13.0 Å². The van der Waals surface area contributed by atoms with Crippen LogP contribution in [0.25, 0.3) is 0 Å². The second-order valence-corrected chi connectivity index (χ2v) is 3.81. The van der Waals surface area contributed by atoms with Gasteiger partial charge in [0.25, 0.3) is 5.69 Å². The second kappa shape index (κ2) is 6.45. The number of hydrogen-bond acceptors (Lipinski definition) is 5. The lowest BCUT2D eigenvalue weighted by molar-refractivity contribution is -0.383. The Labute approximate surface area is 109 Å². The first-order valence-corrected chi connectivity index (χ1v) is 5.45. The Bertz CT molecular complexity index is 515. The van der Waals surface area contributed by atoms with Crippen LogP contribution in [0.4, 0.5) is 11.4 Å². The lowest BCUT2D eigenvalue weighted by Gasteiger charge is -2.07. The van der Waals surface area contributed by atoms with Crippen molar-refractivity contribution in [3.8, 4) is 0 Å². The summed E-state index contributed by atoms with van der Waals surface area (Å²) in [5, 5.41) is 15.4. The minimum absolute atomic E-state index is 0.0944. The van der Waals surface area contributed by atoms with Crippen LogP contribution in [0.1, 0.15) is 5.56 Å². The van der Waals surface area contributed by atoms with E-state index < -0.39 is 16.7 Å². The molecule has 8 nitrogen and oxygen atoms in total. The van der Waals surface area contributed by atoms with Crippen molar-refractivity contribution in [2.75, 3.05) is 18.4 Å². The zero-order valence-electron chi connectivity index (χ0n) is 10.3. The SMILES string of the molecule is Cc1ccc([N+](=O)[O-])c(NC(=O)CNC(=O)CN)c1. The monoisotopic (exact) mass is 266 g/mol. The highest BCUT2D eigenvalue weighted by atomic mass is 16.6. The molecule has 1 aromatic carbocycles. The number of nitro benzene ring substituents is 1. The molecule has 19 heavy (non-hydrogen) atoms. The summed E-state index contributed by atoms with van der Waals surface area (Å²) in [6.07, 6.45) is 0. The molecule has 0 aliphatic rings. The maximum Gasteiger partial charge on any atom is 0.292 e. The smallest absolute Gasteiger partial charge is 0.292 e. The molecule has 0 saturated carbocycles. The number of nitrogens with zero attached hydrogens (tertiary/aromatic N) is 1. The average molecular weight is 266 g/mol. The largest absolute Gasteiger partial charge is 0.346 e. The molecule has 0 atom stereocenters. The molecule has 0 aliphatic carbocycles. The number of benzene rings is 1. The molecule has 1 aromatic rings. The predicted octanol–water partition coefficient (Wildman–Crippen LogP) is -0.0834. The van der Waals surface area contributed by atoms with Gasteiger partial charge in [-0.25, -0.2) is 0 Å². The molecule has 0 saturated heterocycles. The highest BCUT2D eigenvalue weighted by Crippen LogP contribution is 2.24. The van der Waals surface area contributed by atoms with Gasteiger partial charge in [0.2, 0.25) is 11.8 Å². The quantitative estimate of drug-likeness (QED) is 0.507. The van der Waals surface area contributed by atoms with Crippen molar-refractivity contribution in [2.24, 2.45) is 5.73 Å². The molecular weight excluding hydrogens is 252 g/mol. The highest BCUT2D eigenvalue weighted by molar-refractivity contribution is 5.96. The Morgan fingerprint density at radius 1 is 1.37 bits per heavy atom. The van der Waals surface area contributed by atoms with Crippen molar-refractivity contribution in [1.29, 1.82) is 0 Å². The van der Waals surface area contributed by atoms with Crippen LogP contribution in [0.2, 0.25) is 0 Å². The summed E-state index contributed by atoms with van der Waals surface area (Å²) < 4.78 is 0. The van der Waals surface area contributed by atoms with Gasteiger partial charge in [-0.2, -0.15) is 0 Å². The van der Waals surface area contributed by atoms with Crippen LogP contribution < -0.4 is 16.4 Å². The summed E-state index contributed by atoms with van der Waals surface area (Å²) >= 11 is 0. The number of nitrogens with two attached hydrogens (primary N) is 1. The maximum absolute atomic E-state index is 11.5. The molecule has 102 valence electrons. The molecule has 0 bridgehead atoms. The molecule has 0 aliphatic heterocycles. The van der Waals surface area contributed by atoms with Crippen molar-refractivity contribution >= 4 is 23.2 Å². The topological polar surface area (TPSA) is 127 Å². The van der Waals surface area contributed by atoms with E-state index in [-0.39, 0.29) is 24.5 Å². The zero-order chi connectivity index (χ0) is 14.4. The van der Waals surface area contributed by atoms with Gasteiger partial charge in [0, 0.05) is 6.07 Å². The second-order valence-electron chi connectivity index (χ2n) is 3.81. The van der Waals surface area contributed by atoms with Gasteiger partial charge in [-0.1, -0.05) is 6.07 Å². The Balaban J connectivity index is 2.75. The molecule has 0 spiro atoms. The minimum atomic E-state index is -0.590. The van der Waals surface area contributed by atoms with Gasteiger partial charge >= 0.3 is 0 Å². The van der Waals surface area contributed by atoms with E-state index in [0.29, 0.717) is 0 Å². The van der Waals surface area contributed by atoms with Crippen LogP contribution in [-0.2, 0) is 9.59 Å². The number of rotatable bonds is 5. The number of carbonyl (C=O) groups excluding carboxylic acids is 2. The predicted molar refractivity (Wildman–Crippen MR) is 68.5 cm³/mol. The first kappa shape index (κ1) is 14.6. The summed E-state index contributed by atoms with van der Waals surface area (Å²) in [5.74, 6) is -1.04. The number of nitrogens with one attached hydrogen (secondary N) is 2. The Kier molecular flexibility index (Phi) is 4.95. The van der Waals surface area contributed by atoms with Crippen molar-refractivity contribution in [1.82, 2.24) is 5.32 Å². The Morgan fingerprint density at radius 2 is 2.05 bits per heavy atom. The number of anilines is 1. The van der Waals surface area contributed by atoms with Crippen LogP contribution in [-0.4, -0.2) is 29.8 Å². The first-order chi connectivity index (χ1) is 8.93. The van der Waals surface area contributed by atoms with Crippen molar-refractivity contribution in [3.05, 3.63) is 33.9 Å². The Morgan fingerprint density at radius 3 is 2.63 bits per heavy atom. The van der Waals surface area contributed by atoms with Crippen LogP contribution in [0.5, 0.6) is 0 Å². The van der Waals surface area contributed by atoms with Gasteiger partial charge < -0.3 is 16.4 Å². The minimum Gasteiger partial charge on any atom is -0.346 e. The molecule has 0 heterocycles. The van der Waals surface area contributed by atoms with E-state index in [9.17, 15) is 19.7 Å². The molecular formula is C11H14N4O4. The highest BCUT2D eigenvalue weighted by Gasteiger charge is 2.15. The molecule has 2 amide bonds. The molecule has 0 radical (unpaired) electrons. The lowest BCUT2D eigenvalue weighted by atomic mass is 10.2. The lowest BCUT2D eigenvalue weighted by Crippen LogP contribution is -2.36. The molecule has 0 fully saturated rings. The fourth-order valence-corrected chi connectivity index (χ4v) is 1.35. The average Bonchev–Trinajstić information content (AvgIpc) is 2.35. The number of carbonyl (C=O) groups is 2. The van der Waals surface area contributed by atoms with E-state index in [2.05, 4.69) is 10.6 Å². The summed E-state index contributed by atoms with van der Waals surface area (Å²) in [4.78, 5) is 32.6. The molecule has 0 unspecified atom stereocenters.